The maximum Gasteiger partial charge on any atom is 0.342 e. The fourth-order valence-electron chi connectivity index (χ4n) is 2.11. The van der Waals surface area contributed by atoms with E-state index in [1.807, 2.05) is 51.1 Å². The topological polar surface area (TPSA) is 61.8 Å². The van der Waals surface area contributed by atoms with E-state index < -0.39 is 17.2 Å². The lowest BCUT2D eigenvalue weighted by molar-refractivity contribution is -0.393. The number of Topliss-reactive ketones (excluding diaryl/α,β-unsaturated/α-hetero) is 1. The molecule has 0 heterocycles. The van der Waals surface area contributed by atoms with Crippen molar-refractivity contribution < 1.29 is 24.1 Å². The van der Waals surface area contributed by atoms with E-state index in [2.05, 4.69) is 0 Å². The van der Waals surface area contributed by atoms with Crippen LogP contribution in [0, 0.1) is 5.92 Å². The van der Waals surface area contributed by atoms with Gasteiger partial charge in [0.05, 0.1) is 5.60 Å². The van der Waals surface area contributed by atoms with Gasteiger partial charge in [-0.25, -0.2) is 14.6 Å². The van der Waals surface area contributed by atoms with Gasteiger partial charge in [-0.2, -0.15) is 0 Å². The van der Waals surface area contributed by atoms with Gasteiger partial charge in [0.2, 0.25) is 5.60 Å². The summed E-state index contributed by atoms with van der Waals surface area (Å²) in [6.07, 6.45) is 1.73. The molecule has 132 valence electrons. The maximum absolute atomic E-state index is 12.6. The molecule has 0 aromatic heterocycles. The number of hydrogen-bond acceptors (Lipinski definition) is 5. The van der Waals surface area contributed by atoms with Crippen LogP contribution in [0.2, 0.25) is 0 Å². The van der Waals surface area contributed by atoms with Crippen LogP contribution in [0.3, 0.4) is 0 Å². The first-order valence-electron chi connectivity index (χ1n) is 8.30. The first-order valence-corrected chi connectivity index (χ1v) is 8.30. The van der Waals surface area contributed by atoms with E-state index in [-0.39, 0.29) is 24.7 Å². The molecule has 1 aromatic carbocycles. The second-order valence-electron chi connectivity index (χ2n) is 7.49. The molecule has 1 aliphatic rings. The van der Waals surface area contributed by atoms with Gasteiger partial charge in [-0.3, -0.25) is 4.79 Å². The Kier molecular flexibility index (Phi) is 5.78. The molecule has 5 heteroatoms. The van der Waals surface area contributed by atoms with Crippen LogP contribution >= 0.6 is 0 Å². The molecule has 24 heavy (non-hydrogen) atoms. The van der Waals surface area contributed by atoms with Crippen LogP contribution in [0.25, 0.3) is 0 Å². The standard InChI is InChI=1S/C19H26O5/c1-18(2,3)23-24-19(4,12-16(20)15-10-11-15)17(21)22-13-14-8-6-5-7-9-14/h5-9,15H,10-13H2,1-4H3. The monoisotopic (exact) mass is 334 g/mol. The normalized spacial score (nSPS) is 17.2. The Hall–Kier alpha value is -1.72. The predicted octanol–water partition coefficient (Wildman–Crippen LogP) is 3.60. The van der Waals surface area contributed by atoms with E-state index in [0.29, 0.717) is 0 Å². The number of hydrogen-bond donors (Lipinski definition) is 0. The van der Waals surface area contributed by atoms with Gasteiger partial charge < -0.3 is 4.74 Å². The van der Waals surface area contributed by atoms with Crippen LogP contribution in [0.5, 0.6) is 0 Å². The van der Waals surface area contributed by atoms with Gasteiger partial charge in [-0.05, 0) is 46.1 Å². The highest BCUT2D eigenvalue weighted by Crippen LogP contribution is 2.34. The minimum atomic E-state index is -1.44. The maximum atomic E-state index is 12.6. The number of benzene rings is 1. The van der Waals surface area contributed by atoms with Gasteiger partial charge in [0, 0.05) is 12.3 Å². The molecule has 0 saturated heterocycles. The summed E-state index contributed by atoms with van der Waals surface area (Å²) < 4.78 is 5.36. The van der Waals surface area contributed by atoms with Crippen molar-refractivity contribution in [2.75, 3.05) is 0 Å². The second-order valence-corrected chi connectivity index (χ2v) is 7.49. The minimum absolute atomic E-state index is 0.0201. The summed E-state index contributed by atoms with van der Waals surface area (Å²) in [5.41, 5.74) is -1.16. The molecule has 0 aliphatic heterocycles. The molecule has 5 nitrogen and oxygen atoms in total. The highest BCUT2D eigenvalue weighted by molar-refractivity contribution is 5.90. The predicted molar refractivity (Wildman–Crippen MR) is 88.9 cm³/mol. The van der Waals surface area contributed by atoms with Crippen molar-refractivity contribution in [3.63, 3.8) is 0 Å². The van der Waals surface area contributed by atoms with Gasteiger partial charge in [-0.1, -0.05) is 30.3 Å². The van der Waals surface area contributed by atoms with Crippen LogP contribution in [-0.2, 0) is 30.7 Å². The molecule has 0 bridgehead atoms. The van der Waals surface area contributed by atoms with E-state index in [1.165, 1.54) is 0 Å². The summed E-state index contributed by atoms with van der Waals surface area (Å²) >= 11 is 0. The Bertz CT molecular complexity index is 571. The molecular weight excluding hydrogens is 308 g/mol. The zero-order valence-corrected chi connectivity index (χ0v) is 14.8. The number of carbonyl (C=O) groups excluding carboxylic acids is 2. The average Bonchev–Trinajstić information content (AvgIpc) is 3.36. The Morgan fingerprint density at radius 3 is 2.21 bits per heavy atom. The van der Waals surface area contributed by atoms with Gasteiger partial charge in [0.15, 0.2) is 0 Å². The molecule has 1 aromatic rings. The zero-order valence-electron chi connectivity index (χ0n) is 14.8. The van der Waals surface area contributed by atoms with Crippen molar-refractivity contribution in [2.24, 2.45) is 5.92 Å². The third-order valence-electron chi connectivity index (χ3n) is 3.66. The first-order chi connectivity index (χ1) is 11.2. The van der Waals surface area contributed by atoms with E-state index in [0.717, 1.165) is 18.4 Å². The Balaban J connectivity index is 2.01. The van der Waals surface area contributed by atoms with Crippen LogP contribution < -0.4 is 0 Å². The van der Waals surface area contributed by atoms with Crippen LogP contribution in [0.1, 0.15) is 52.5 Å². The fraction of sp³-hybridized carbons (Fsp3) is 0.579. The summed E-state index contributed by atoms with van der Waals surface area (Å²) in [4.78, 5) is 35.4. The van der Waals surface area contributed by atoms with Crippen LogP contribution in [-0.4, -0.2) is 23.0 Å². The van der Waals surface area contributed by atoms with Crippen molar-refractivity contribution in [3.05, 3.63) is 35.9 Å². The van der Waals surface area contributed by atoms with Crippen LogP contribution in [0.4, 0.5) is 0 Å². The van der Waals surface area contributed by atoms with Crippen molar-refractivity contribution in [1.82, 2.24) is 0 Å². The summed E-state index contributed by atoms with van der Waals surface area (Å²) in [6, 6.07) is 9.37. The number of carbonyl (C=O) groups is 2. The molecule has 1 atom stereocenters. The third-order valence-corrected chi connectivity index (χ3v) is 3.66. The number of esters is 1. The highest BCUT2D eigenvalue weighted by atomic mass is 17.2. The van der Waals surface area contributed by atoms with E-state index in [1.54, 1.807) is 6.92 Å². The SMILES string of the molecule is CC(C)(C)OOC(C)(CC(=O)C1CC1)C(=O)OCc1ccccc1. The Labute approximate surface area is 143 Å². The van der Waals surface area contributed by atoms with E-state index >= 15 is 0 Å². The quantitative estimate of drug-likeness (QED) is 0.413. The molecule has 0 N–H and O–H groups in total. The Morgan fingerprint density at radius 2 is 1.67 bits per heavy atom. The molecule has 1 aliphatic carbocycles. The molecule has 0 spiro atoms. The van der Waals surface area contributed by atoms with Crippen molar-refractivity contribution in [2.45, 2.75) is 64.8 Å². The molecule has 1 fully saturated rings. The summed E-state index contributed by atoms with van der Waals surface area (Å²) in [5, 5.41) is 0. The van der Waals surface area contributed by atoms with Crippen molar-refractivity contribution >= 4 is 11.8 Å². The highest BCUT2D eigenvalue weighted by Gasteiger charge is 2.44. The number of ether oxygens (including phenoxy) is 1. The zero-order chi connectivity index (χ0) is 17.8. The van der Waals surface area contributed by atoms with Crippen molar-refractivity contribution in [1.29, 1.82) is 0 Å². The molecule has 1 saturated carbocycles. The summed E-state index contributed by atoms with van der Waals surface area (Å²) in [6.45, 7) is 7.11. The van der Waals surface area contributed by atoms with Gasteiger partial charge in [-0.15, -0.1) is 0 Å². The number of ketones is 1. The molecule has 1 unspecified atom stereocenters. The van der Waals surface area contributed by atoms with Crippen molar-refractivity contribution in [3.8, 4) is 0 Å². The average molecular weight is 334 g/mol. The lowest BCUT2D eigenvalue weighted by atomic mass is 9.97. The largest absolute Gasteiger partial charge is 0.459 e. The van der Waals surface area contributed by atoms with Gasteiger partial charge >= 0.3 is 5.97 Å². The Morgan fingerprint density at radius 1 is 1.04 bits per heavy atom. The third kappa shape index (κ3) is 5.73. The first kappa shape index (κ1) is 18.6. The molecule has 2 rings (SSSR count). The lowest BCUT2D eigenvalue weighted by Gasteiger charge is -2.29. The van der Waals surface area contributed by atoms with E-state index in [4.69, 9.17) is 14.5 Å². The molecular formula is C19H26O5. The number of rotatable bonds is 8. The van der Waals surface area contributed by atoms with Crippen LogP contribution in [0.15, 0.2) is 30.3 Å². The minimum Gasteiger partial charge on any atom is -0.459 e. The summed E-state index contributed by atoms with van der Waals surface area (Å²) in [7, 11) is 0. The molecule has 0 amide bonds. The second kappa shape index (κ2) is 7.45. The smallest absolute Gasteiger partial charge is 0.342 e. The van der Waals surface area contributed by atoms with Gasteiger partial charge in [0.25, 0.3) is 0 Å². The van der Waals surface area contributed by atoms with Gasteiger partial charge in [0.1, 0.15) is 12.4 Å². The van der Waals surface area contributed by atoms with E-state index in [9.17, 15) is 9.59 Å². The molecule has 0 radical (unpaired) electrons. The lowest BCUT2D eigenvalue weighted by Crippen LogP contribution is -2.44. The fourth-order valence-corrected chi connectivity index (χ4v) is 2.11. The summed E-state index contributed by atoms with van der Waals surface area (Å²) in [5.74, 6) is -0.527.